The lowest BCUT2D eigenvalue weighted by molar-refractivity contribution is 0.156. The second-order valence-electron chi connectivity index (χ2n) is 6.47. The summed E-state index contributed by atoms with van der Waals surface area (Å²) in [6.07, 6.45) is 7.04. The van der Waals surface area contributed by atoms with Crippen LogP contribution in [0.4, 0.5) is 0 Å². The maximum Gasteiger partial charge on any atom is 0.193 e. The lowest BCUT2D eigenvalue weighted by Crippen LogP contribution is -2.47. The van der Waals surface area contributed by atoms with E-state index in [1.165, 1.54) is 25.7 Å². The van der Waals surface area contributed by atoms with Crippen molar-refractivity contribution in [1.82, 2.24) is 10.2 Å². The van der Waals surface area contributed by atoms with E-state index in [4.69, 9.17) is 4.74 Å². The Labute approximate surface area is 157 Å². The maximum atomic E-state index is 5.62. The highest BCUT2D eigenvalue weighted by atomic mass is 127. The van der Waals surface area contributed by atoms with E-state index in [2.05, 4.69) is 35.3 Å². The summed E-state index contributed by atoms with van der Waals surface area (Å²) in [5.74, 6) is 1.07. The van der Waals surface area contributed by atoms with Crippen LogP contribution in [0.5, 0.6) is 0 Å². The van der Waals surface area contributed by atoms with E-state index < -0.39 is 0 Å². The lowest BCUT2D eigenvalue weighted by atomic mass is 9.87. The van der Waals surface area contributed by atoms with Gasteiger partial charge in [0.25, 0.3) is 0 Å². The van der Waals surface area contributed by atoms with Gasteiger partial charge in [0.15, 0.2) is 5.96 Å². The molecule has 2 heterocycles. The Morgan fingerprint density at radius 2 is 2.09 bits per heavy atom. The molecule has 0 aliphatic carbocycles. The zero-order valence-electron chi connectivity index (χ0n) is 14.5. The Bertz CT molecular complexity index is 360. The molecule has 22 heavy (non-hydrogen) atoms. The molecular weight excluding hydrogens is 409 g/mol. The maximum absolute atomic E-state index is 5.62. The van der Waals surface area contributed by atoms with Crippen molar-refractivity contribution in [2.45, 2.75) is 44.3 Å². The molecule has 2 saturated heterocycles. The van der Waals surface area contributed by atoms with Gasteiger partial charge in [-0.15, -0.1) is 24.0 Å². The Balaban J connectivity index is 0.00000242. The number of thioether (sulfide) groups is 1. The van der Waals surface area contributed by atoms with Crippen LogP contribution < -0.4 is 5.32 Å². The number of nitrogens with zero attached hydrogens (tertiary/aromatic N) is 2. The summed E-state index contributed by atoms with van der Waals surface area (Å²) in [7, 11) is 1.90. The van der Waals surface area contributed by atoms with E-state index in [-0.39, 0.29) is 24.0 Å². The van der Waals surface area contributed by atoms with Gasteiger partial charge in [-0.3, -0.25) is 4.99 Å². The molecule has 2 aliphatic rings. The SMILES string of the molecule is CCC(CC)(CNC(=NC)N1CCC2(CCOC2)C1)SC.I. The van der Waals surface area contributed by atoms with Crippen LogP contribution in [-0.4, -0.2) is 61.8 Å². The van der Waals surface area contributed by atoms with Crippen LogP contribution in [0.25, 0.3) is 0 Å². The molecule has 0 aromatic rings. The molecular formula is C16H32IN3OS. The monoisotopic (exact) mass is 441 g/mol. The third kappa shape index (κ3) is 4.44. The smallest absolute Gasteiger partial charge is 0.193 e. The van der Waals surface area contributed by atoms with Crippen molar-refractivity contribution >= 4 is 41.7 Å². The molecule has 4 nitrogen and oxygen atoms in total. The van der Waals surface area contributed by atoms with Gasteiger partial charge in [-0.25, -0.2) is 0 Å². The van der Waals surface area contributed by atoms with Crippen molar-refractivity contribution in [2.24, 2.45) is 10.4 Å². The normalized spacial score (nSPS) is 25.6. The fourth-order valence-corrected chi connectivity index (χ4v) is 4.31. The number of likely N-dealkylation sites (tertiary alicyclic amines) is 1. The van der Waals surface area contributed by atoms with E-state index in [0.717, 1.165) is 38.8 Å². The second kappa shape index (κ2) is 8.97. The number of hydrogen-bond acceptors (Lipinski definition) is 3. The molecule has 0 aromatic carbocycles. The van der Waals surface area contributed by atoms with Gasteiger partial charge in [-0.05, 0) is 31.9 Å². The first-order chi connectivity index (χ1) is 10.1. The van der Waals surface area contributed by atoms with Gasteiger partial charge in [0, 0.05) is 43.5 Å². The number of guanidine groups is 1. The van der Waals surface area contributed by atoms with Crippen molar-refractivity contribution < 1.29 is 4.74 Å². The number of nitrogens with one attached hydrogen (secondary N) is 1. The minimum Gasteiger partial charge on any atom is -0.381 e. The quantitative estimate of drug-likeness (QED) is 0.404. The topological polar surface area (TPSA) is 36.9 Å². The summed E-state index contributed by atoms with van der Waals surface area (Å²) in [4.78, 5) is 6.93. The van der Waals surface area contributed by atoms with Gasteiger partial charge in [0.1, 0.15) is 0 Å². The van der Waals surface area contributed by atoms with Crippen molar-refractivity contribution in [3.8, 4) is 0 Å². The second-order valence-corrected chi connectivity index (χ2v) is 7.74. The number of hydrogen-bond donors (Lipinski definition) is 1. The predicted molar refractivity (Wildman–Crippen MR) is 108 cm³/mol. The molecule has 0 amide bonds. The van der Waals surface area contributed by atoms with E-state index in [1.807, 2.05) is 18.8 Å². The summed E-state index contributed by atoms with van der Waals surface area (Å²) >= 11 is 1.98. The van der Waals surface area contributed by atoms with Crippen LogP contribution in [0, 0.1) is 5.41 Å². The van der Waals surface area contributed by atoms with Crippen LogP contribution >= 0.6 is 35.7 Å². The van der Waals surface area contributed by atoms with E-state index >= 15 is 0 Å². The van der Waals surface area contributed by atoms with Gasteiger partial charge in [-0.1, -0.05) is 13.8 Å². The largest absolute Gasteiger partial charge is 0.381 e. The Morgan fingerprint density at radius 1 is 1.36 bits per heavy atom. The standard InChI is InChI=1S/C16H31N3OS.HI/c1-5-16(6-2,21-4)11-18-14(17-3)19-9-7-15(12-19)8-10-20-13-15;/h5-13H2,1-4H3,(H,17,18);1H. The average Bonchev–Trinajstić information content (AvgIpc) is 3.15. The van der Waals surface area contributed by atoms with Gasteiger partial charge >= 0.3 is 0 Å². The average molecular weight is 441 g/mol. The van der Waals surface area contributed by atoms with Crippen LogP contribution in [0.15, 0.2) is 4.99 Å². The fraction of sp³-hybridized carbons (Fsp3) is 0.938. The summed E-state index contributed by atoms with van der Waals surface area (Å²) in [6.45, 7) is 9.62. The number of aliphatic imine (C=N–C) groups is 1. The van der Waals surface area contributed by atoms with Crippen LogP contribution in [0.3, 0.4) is 0 Å². The Hall–Kier alpha value is 0.310. The van der Waals surface area contributed by atoms with Crippen LogP contribution in [-0.2, 0) is 4.74 Å². The third-order valence-corrected chi connectivity index (χ3v) is 7.01. The zero-order chi connectivity index (χ0) is 15.3. The van der Waals surface area contributed by atoms with E-state index in [9.17, 15) is 0 Å². The molecule has 0 radical (unpaired) electrons. The summed E-state index contributed by atoms with van der Waals surface area (Å²) < 4.78 is 5.94. The summed E-state index contributed by atoms with van der Waals surface area (Å²) in [5.41, 5.74) is 0.393. The van der Waals surface area contributed by atoms with Crippen molar-refractivity contribution in [1.29, 1.82) is 0 Å². The molecule has 6 heteroatoms. The van der Waals surface area contributed by atoms with Crippen LogP contribution in [0.1, 0.15) is 39.5 Å². The highest BCUT2D eigenvalue weighted by Crippen LogP contribution is 2.38. The first-order valence-electron chi connectivity index (χ1n) is 8.21. The van der Waals surface area contributed by atoms with Crippen LogP contribution in [0.2, 0.25) is 0 Å². The van der Waals surface area contributed by atoms with Crippen molar-refractivity contribution in [3.63, 3.8) is 0 Å². The van der Waals surface area contributed by atoms with Crippen molar-refractivity contribution in [3.05, 3.63) is 0 Å². The van der Waals surface area contributed by atoms with Gasteiger partial charge in [0.05, 0.1) is 6.61 Å². The fourth-order valence-electron chi connectivity index (χ4n) is 3.52. The summed E-state index contributed by atoms with van der Waals surface area (Å²) in [6, 6.07) is 0. The van der Waals surface area contributed by atoms with E-state index in [0.29, 0.717) is 10.2 Å². The third-order valence-electron chi connectivity index (χ3n) is 5.42. The molecule has 1 spiro atoms. The number of rotatable bonds is 5. The predicted octanol–water partition coefficient (Wildman–Crippen LogP) is 3.21. The molecule has 1 N–H and O–H groups in total. The van der Waals surface area contributed by atoms with Gasteiger partial charge in [-0.2, -0.15) is 11.8 Å². The number of ether oxygens (including phenoxy) is 1. The zero-order valence-corrected chi connectivity index (χ0v) is 17.6. The van der Waals surface area contributed by atoms with Gasteiger partial charge < -0.3 is 15.0 Å². The van der Waals surface area contributed by atoms with Crippen molar-refractivity contribution in [2.75, 3.05) is 46.2 Å². The minimum absolute atomic E-state index is 0. The Morgan fingerprint density at radius 3 is 2.59 bits per heavy atom. The minimum atomic E-state index is 0. The molecule has 2 fully saturated rings. The molecule has 2 rings (SSSR count). The molecule has 0 saturated carbocycles. The molecule has 1 unspecified atom stereocenters. The molecule has 2 aliphatic heterocycles. The van der Waals surface area contributed by atoms with E-state index in [1.54, 1.807) is 0 Å². The van der Waals surface area contributed by atoms with Gasteiger partial charge in [0.2, 0.25) is 0 Å². The first kappa shape index (κ1) is 20.4. The highest BCUT2D eigenvalue weighted by molar-refractivity contribution is 14.0. The molecule has 130 valence electrons. The number of halogens is 1. The highest BCUT2D eigenvalue weighted by Gasteiger charge is 2.42. The molecule has 1 atom stereocenters. The first-order valence-corrected chi connectivity index (χ1v) is 9.43. The molecule has 0 bridgehead atoms. The summed E-state index contributed by atoms with van der Waals surface area (Å²) in [5, 5.41) is 3.63. The Kier molecular flexibility index (Phi) is 8.30. The molecule has 0 aromatic heterocycles. The lowest BCUT2D eigenvalue weighted by Gasteiger charge is -2.32.